The van der Waals surface area contributed by atoms with Gasteiger partial charge in [0.05, 0.1) is 0 Å². The SMILES string of the molecule is CC1Cc2cnccc2/C=C\c2ccncc21. The van der Waals surface area contributed by atoms with Crippen molar-refractivity contribution in [3.8, 4) is 0 Å². The van der Waals surface area contributed by atoms with Gasteiger partial charge in [0.25, 0.3) is 0 Å². The molecule has 1 aliphatic rings. The lowest BCUT2D eigenvalue weighted by Crippen LogP contribution is -2.05. The van der Waals surface area contributed by atoms with E-state index >= 15 is 0 Å². The summed E-state index contributed by atoms with van der Waals surface area (Å²) in [5, 5.41) is 0. The third-order valence-electron chi connectivity index (χ3n) is 3.33. The van der Waals surface area contributed by atoms with E-state index in [1.54, 1.807) is 0 Å². The van der Waals surface area contributed by atoms with Crippen molar-refractivity contribution in [2.45, 2.75) is 19.3 Å². The van der Waals surface area contributed by atoms with Crippen LogP contribution >= 0.6 is 0 Å². The number of nitrogens with zero attached hydrogens (tertiary/aromatic N) is 2. The van der Waals surface area contributed by atoms with Gasteiger partial charge in [-0.05, 0) is 46.7 Å². The molecule has 0 saturated heterocycles. The van der Waals surface area contributed by atoms with Crippen molar-refractivity contribution in [2.24, 2.45) is 0 Å². The maximum absolute atomic E-state index is 4.23. The summed E-state index contributed by atoms with van der Waals surface area (Å²) in [5.41, 5.74) is 5.17. The topological polar surface area (TPSA) is 25.8 Å². The molecular formula is C15H14N2. The summed E-state index contributed by atoms with van der Waals surface area (Å²) in [6, 6.07) is 4.15. The van der Waals surface area contributed by atoms with Crippen LogP contribution in [0.5, 0.6) is 0 Å². The Bertz CT molecular complexity index is 573. The van der Waals surface area contributed by atoms with E-state index in [4.69, 9.17) is 0 Å². The van der Waals surface area contributed by atoms with E-state index in [0.717, 1.165) is 6.42 Å². The minimum atomic E-state index is 0.478. The van der Waals surface area contributed by atoms with Gasteiger partial charge >= 0.3 is 0 Å². The molecule has 0 spiro atoms. The zero-order valence-electron chi connectivity index (χ0n) is 9.80. The van der Waals surface area contributed by atoms with Gasteiger partial charge in [0, 0.05) is 24.8 Å². The van der Waals surface area contributed by atoms with Crippen LogP contribution in [0.3, 0.4) is 0 Å². The fourth-order valence-corrected chi connectivity index (χ4v) is 2.37. The first-order chi connectivity index (χ1) is 8.34. The van der Waals surface area contributed by atoms with E-state index in [0.29, 0.717) is 5.92 Å². The molecule has 0 saturated carbocycles. The Balaban J connectivity index is 2.16. The molecule has 1 unspecified atom stereocenters. The van der Waals surface area contributed by atoms with Gasteiger partial charge in [-0.1, -0.05) is 19.1 Å². The van der Waals surface area contributed by atoms with Crippen LogP contribution in [0.4, 0.5) is 0 Å². The van der Waals surface area contributed by atoms with E-state index in [1.807, 2.05) is 24.8 Å². The van der Waals surface area contributed by atoms with E-state index < -0.39 is 0 Å². The third kappa shape index (κ3) is 1.86. The quantitative estimate of drug-likeness (QED) is 0.683. The van der Waals surface area contributed by atoms with E-state index in [-0.39, 0.29) is 0 Å². The summed E-state index contributed by atoms with van der Waals surface area (Å²) in [5.74, 6) is 0.478. The molecule has 0 fully saturated rings. The van der Waals surface area contributed by atoms with Crippen LogP contribution in [0.2, 0.25) is 0 Å². The molecule has 17 heavy (non-hydrogen) atoms. The van der Waals surface area contributed by atoms with Crippen molar-refractivity contribution in [2.75, 3.05) is 0 Å². The van der Waals surface area contributed by atoms with Crippen molar-refractivity contribution in [3.05, 3.63) is 59.2 Å². The second-order valence-corrected chi connectivity index (χ2v) is 4.52. The van der Waals surface area contributed by atoms with Crippen LogP contribution in [0.15, 0.2) is 36.9 Å². The molecule has 0 bridgehead atoms. The molecule has 2 aromatic heterocycles. The molecule has 0 amide bonds. The predicted molar refractivity (Wildman–Crippen MR) is 69.5 cm³/mol. The highest BCUT2D eigenvalue weighted by molar-refractivity contribution is 5.73. The predicted octanol–water partition coefficient (Wildman–Crippen LogP) is 3.31. The van der Waals surface area contributed by atoms with Gasteiger partial charge in [-0.25, -0.2) is 0 Å². The number of pyridine rings is 2. The standard InChI is InChI=1S/C15H14N2/c1-11-8-14-9-16-6-4-12(14)2-3-13-5-7-17-10-15(11)13/h2-7,9-11H,8H2,1H3/b3-2-. The average molecular weight is 222 g/mol. The van der Waals surface area contributed by atoms with Crippen molar-refractivity contribution in [3.63, 3.8) is 0 Å². The minimum absolute atomic E-state index is 0.478. The van der Waals surface area contributed by atoms with Crippen LogP contribution in [0.1, 0.15) is 35.1 Å². The monoisotopic (exact) mass is 222 g/mol. The first-order valence-corrected chi connectivity index (χ1v) is 5.89. The molecule has 3 rings (SSSR count). The summed E-state index contributed by atoms with van der Waals surface area (Å²) in [6.45, 7) is 2.25. The summed E-state index contributed by atoms with van der Waals surface area (Å²) < 4.78 is 0. The molecule has 0 N–H and O–H groups in total. The Labute approximate surface area is 101 Å². The summed E-state index contributed by atoms with van der Waals surface area (Å²) in [7, 11) is 0. The maximum Gasteiger partial charge on any atom is 0.0308 e. The highest BCUT2D eigenvalue weighted by Gasteiger charge is 2.14. The number of hydrogen-bond donors (Lipinski definition) is 0. The number of hydrogen-bond acceptors (Lipinski definition) is 2. The smallest absolute Gasteiger partial charge is 0.0308 e. The molecule has 1 atom stereocenters. The second-order valence-electron chi connectivity index (χ2n) is 4.52. The van der Waals surface area contributed by atoms with Crippen LogP contribution in [0.25, 0.3) is 12.2 Å². The van der Waals surface area contributed by atoms with Gasteiger partial charge in [-0.2, -0.15) is 0 Å². The van der Waals surface area contributed by atoms with E-state index in [2.05, 4.69) is 41.2 Å². The minimum Gasteiger partial charge on any atom is -0.264 e. The Morgan fingerprint density at radius 3 is 2.59 bits per heavy atom. The fraction of sp³-hybridized carbons (Fsp3) is 0.200. The lowest BCUT2D eigenvalue weighted by atomic mass is 9.88. The molecule has 2 heterocycles. The van der Waals surface area contributed by atoms with Gasteiger partial charge < -0.3 is 0 Å². The first-order valence-electron chi connectivity index (χ1n) is 5.89. The lowest BCUT2D eigenvalue weighted by molar-refractivity contribution is 0.748. The summed E-state index contributed by atoms with van der Waals surface area (Å²) in [4.78, 5) is 8.44. The van der Waals surface area contributed by atoms with Gasteiger partial charge in [0.2, 0.25) is 0 Å². The van der Waals surface area contributed by atoms with Gasteiger partial charge in [0.1, 0.15) is 0 Å². The second kappa shape index (κ2) is 4.13. The maximum atomic E-state index is 4.23. The fourth-order valence-electron chi connectivity index (χ4n) is 2.37. The summed E-state index contributed by atoms with van der Waals surface area (Å²) in [6.07, 6.45) is 13.0. The van der Waals surface area contributed by atoms with Gasteiger partial charge in [0.15, 0.2) is 0 Å². The zero-order valence-corrected chi connectivity index (χ0v) is 9.80. The number of rotatable bonds is 0. The Morgan fingerprint density at radius 1 is 1.00 bits per heavy atom. The Hall–Kier alpha value is -1.96. The summed E-state index contributed by atoms with van der Waals surface area (Å²) >= 11 is 0. The molecule has 0 radical (unpaired) electrons. The average Bonchev–Trinajstić information content (AvgIpc) is 2.36. The zero-order chi connectivity index (χ0) is 11.7. The molecule has 2 heteroatoms. The van der Waals surface area contributed by atoms with Gasteiger partial charge in [-0.15, -0.1) is 0 Å². The van der Waals surface area contributed by atoms with Crippen molar-refractivity contribution in [1.82, 2.24) is 9.97 Å². The largest absolute Gasteiger partial charge is 0.264 e. The Morgan fingerprint density at radius 2 is 1.71 bits per heavy atom. The highest BCUT2D eigenvalue weighted by Crippen LogP contribution is 2.28. The van der Waals surface area contributed by atoms with Crippen LogP contribution in [0, 0.1) is 0 Å². The molecule has 2 nitrogen and oxygen atoms in total. The molecule has 0 aromatic carbocycles. The van der Waals surface area contributed by atoms with E-state index in [1.165, 1.54) is 22.3 Å². The molecule has 84 valence electrons. The number of fused-ring (bicyclic) bond motifs is 2. The third-order valence-corrected chi connectivity index (χ3v) is 3.33. The molecular weight excluding hydrogens is 208 g/mol. The van der Waals surface area contributed by atoms with Crippen molar-refractivity contribution >= 4 is 12.2 Å². The van der Waals surface area contributed by atoms with Crippen molar-refractivity contribution in [1.29, 1.82) is 0 Å². The lowest BCUT2D eigenvalue weighted by Gasteiger charge is -2.18. The van der Waals surface area contributed by atoms with Gasteiger partial charge in [-0.3, -0.25) is 9.97 Å². The molecule has 2 aromatic rings. The van der Waals surface area contributed by atoms with Crippen molar-refractivity contribution < 1.29 is 0 Å². The van der Waals surface area contributed by atoms with E-state index in [9.17, 15) is 0 Å². The first kappa shape index (κ1) is 10.2. The van der Waals surface area contributed by atoms with Crippen LogP contribution in [-0.4, -0.2) is 9.97 Å². The van der Waals surface area contributed by atoms with Crippen LogP contribution < -0.4 is 0 Å². The molecule has 1 aliphatic carbocycles. The van der Waals surface area contributed by atoms with Crippen LogP contribution in [-0.2, 0) is 6.42 Å². The molecule has 0 aliphatic heterocycles. The Kier molecular flexibility index (Phi) is 2.48. The number of aromatic nitrogens is 2. The highest BCUT2D eigenvalue weighted by atomic mass is 14.6. The normalized spacial score (nSPS) is 19.7.